The van der Waals surface area contributed by atoms with Crippen LogP contribution in [-0.2, 0) is 9.59 Å². The lowest BCUT2D eigenvalue weighted by molar-refractivity contribution is -0.141. The molecule has 0 bridgehead atoms. The number of carbonyl (C=O) groups is 2. The van der Waals surface area contributed by atoms with Gasteiger partial charge in [-0.15, -0.1) is 0 Å². The van der Waals surface area contributed by atoms with E-state index in [0.717, 1.165) is 0 Å². The smallest absolute Gasteiger partial charge is 0.303 e. The molecule has 0 radical (unpaired) electrons. The number of amides is 1. The molecule has 5 nitrogen and oxygen atoms in total. The SMILES string of the molecule is CC(C(=O)N(C)C)N1CC(CC(=O)O)C1. The number of nitrogens with zero attached hydrogens (tertiary/aromatic N) is 2. The molecule has 0 saturated carbocycles. The minimum atomic E-state index is -0.758. The van der Waals surface area contributed by atoms with E-state index in [-0.39, 0.29) is 24.3 Å². The molecule has 1 atom stereocenters. The first-order valence-electron chi connectivity index (χ1n) is 5.08. The number of carbonyl (C=O) groups excluding carboxylic acids is 1. The van der Waals surface area contributed by atoms with Gasteiger partial charge in [0, 0.05) is 27.2 Å². The van der Waals surface area contributed by atoms with Gasteiger partial charge in [0.2, 0.25) is 5.91 Å². The van der Waals surface area contributed by atoms with E-state index in [1.165, 1.54) is 0 Å². The molecule has 86 valence electrons. The predicted molar refractivity (Wildman–Crippen MR) is 55.5 cm³/mol. The van der Waals surface area contributed by atoms with Crippen LogP contribution in [0.1, 0.15) is 13.3 Å². The number of hydrogen-bond acceptors (Lipinski definition) is 3. The standard InChI is InChI=1S/C10H18N2O3/c1-7(10(15)11(2)3)12-5-8(6-12)4-9(13)14/h7-8H,4-6H2,1-3H3,(H,13,14). The highest BCUT2D eigenvalue weighted by Gasteiger charge is 2.34. The van der Waals surface area contributed by atoms with Gasteiger partial charge in [0.05, 0.1) is 12.5 Å². The Balaban J connectivity index is 2.32. The number of likely N-dealkylation sites (tertiary alicyclic amines) is 1. The molecule has 1 unspecified atom stereocenters. The van der Waals surface area contributed by atoms with Gasteiger partial charge in [-0.3, -0.25) is 14.5 Å². The van der Waals surface area contributed by atoms with E-state index in [0.29, 0.717) is 13.1 Å². The van der Waals surface area contributed by atoms with Crippen LogP contribution in [0.25, 0.3) is 0 Å². The van der Waals surface area contributed by atoms with E-state index in [4.69, 9.17) is 5.11 Å². The third-order valence-electron chi connectivity index (χ3n) is 2.79. The molecule has 0 aliphatic carbocycles. The zero-order chi connectivity index (χ0) is 11.6. The molecule has 15 heavy (non-hydrogen) atoms. The molecule has 1 heterocycles. The van der Waals surface area contributed by atoms with E-state index in [1.807, 2.05) is 11.8 Å². The van der Waals surface area contributed by atoms with E-state index < -0.39 is 5.97 Å². The quantitative estimate of drug-likeness (QED) is 0.708. The van der Waals surface area contributed by atoms with Crippen LogP contribution < -0.4 is 0 Å². The number of aliphatic carboxylic acids is 1. The number of carboxylic acids is 1. The van der Waals surface area contributed by atoms with Crippen LogP contribution in [0, 0.1) is 5.92 Å². The largest absolute Gasteiger partial charge is 0.481 e. The highest BCUT2D eigenvalue weighted by atomic mass is 16.4. The zero-order valence-corrected chi connectivity index (χ0v) is 9.43. The van der Waals surface area contributed by atoms with Gasteiger partial charge in [-0.05, 0) is 12.8 Å². The molecule has 1 fully saturated rings. The summed E-state index contributed by atoms with van der Waals surface area (Å²) in [5.41, 5.74) is 0. The van der Waals surface area contributed by atoms with Gasteiger partial charge in [0.15, 0.2) is 0 Å². The van der Waals surface area contributed by atoms with Crippen molar-refractivity contribution in [3.8, 4) is 0 Å². The third kappa shape index (κ3) is 2.92. The van der Waals surface area contributed by atoms with Crippen molar-refractivity contribution in [2.24, 2.45) is 5.92 Å². The van der Waals surface area contributed by atoms with Crippen molar-refractivity contribution in [3.05, 3.63) is 0 Å². The maximum Gasteiger partial charge on any atom is 0.303 e. The first-order chi connectivity index (χ1) is 6.91. The van der Waals surface area contributed by atoms with Crippen LogP contribution in [0.4, 0.5) is 0 Å². The number of hydrogen-bond donors (Lipinski definition) is 1. The second-order valence-electron chi connectivity index (χ2n) is 4.33. The minimum absolute atomic E-state index is 0.0729. The molecule has 0 spiro atoms. The van der Waals surface area contributed by atoms with Crippen LogP contribution in [0.15, 0.2) is 0 Å². The summed E-state index contributed by atoms with van der Waals surface area (Å²) in [6.07, 6.45) is 0.208. The van der Waals surface area contributed by atoms with Gasteiger partial charge in [-0.2, -0.15) is 0 Å². The molecule has 5 heteroatoms. The van der Waals surface area contributed by atoms with Crippen molar-refractivity contribution in [2.75, 3.05) is 27.2 Å². The first kappa shape index (κ1) is 12.0. The van der Waals surface area contributed by atoms with Crippen molar-refractivity contribution < 1.29 is 14.7 Å². The maximum absolute atomic E-state index is 11.6. The molecule has 1 aliphatic heterocycles. The lowest BCUT2D eigenvalue weighted by Gasteiger charge is -2.42. The fourth-order valence-corrected chi connectivity index (χ4v) is 1.83. The van der Waals surface area contributed by atoms with Gasteiger partial charge in [-0.1, -0.05) is 0 Å². The average Bonchev–Trinajstić information content (AvgIpc) is 2.07. The van der Waals surface area contributed by atoms with Crippen molar-refractivity contribution in [1.82, 2.24) is 9.80 Å². The second-order valence-corrected chi connectivity index (χ2v) is 4.33. The molecule has 0 aromatic carbocycles. The third-order valence-corrected chi connectivity index (χ3v) is 2.79. The van der Waals surface area contributed by atoms with Gasteiger partial charge in [0.1, 0.15) is 0 Å². The lowest BCUT2D eigenvalue weighted by Crippen LogP contribution is -2.56. The monoisotopic (exact) mass is 214 g/mol. The van der Waals surface area contributed by atoms with Crippen LogP contribution in [0.5, 0.6) is 0 Å². The Hall–Kier alpha value is -1.10. The molecule has 0 aromatic rings. The summed E-state index contributed by atoms with van der Waals surface area (Å²) >= 11 is 0. The highest BCUT2D eigenvalue weighted by Crippen LogP contribution is 2.21. The fraction of sp³-hybridized carbons (Fsp3) is 0.800. The normalized spacial score (nSPS) is 19.4. The molecule has 1 rings (SSSR count). The second kappa shape index (κ2) is 4.61. The van der Waals surface area contributed by atoms with Crippen molar-refractivity contribution in [1.29, 1.82) is 0 Å². The Kier molecular flexibility index (Phi) is 3.68. The average molecular weight is 214 g/mol. The number of likely N-dealkylation sites (N-methyl/N-ethyl adjacent to an activating group) is 1. The number of rotatable bonds is 4. The van der Waals surface area contributed by atoms with Crippen molar-refractivity contribution in [2.45, 2.75) is 19.4 Å². The molecule has 0 aromatic heterocycles. The Morgan fingerprint density at radius 3 is 2.40 bits per heavy atom. The van der Waals surface area contributed by atoms with Crippen molar-refractivity contribution in [3.63, 3.8) is 0 Å². The maximum atomic E-state index is 11.6. The van der Waals surface area contributed by atoms with Gasteiger partial charge in [-0.25, -0.2) is 0 Å². The molecular formula is C10H18N2O3. The summed E-state index contributed by atoms with van der Waals surface area (Å²) in [6.45, 7) is 3.29. The van der Waals surface area contributed by atoms with Crippen LogP contribution in [0.2, 0.25) is 0 Å². The summed E-state index contributed by atoms with van der Waals surface area (Å²) in [5.74, 6) is -0.477. The Morgan fingerprint density at radius 1 is 1.47 bits per heavy atom. The van der Waals surface area contributed by atoms with Crippen molar-refractivity contribution >= 4 is 11.9 Å². The van der Waals surface area contributed by atoms with Gasteiger partial charge in [0.25, 0.3) is 0 Å². The molecule has 1 aliphatic rings. The van der Waals surface area contributed by atoms with Crippen LogP contribution >= 0.6 is 0 Å². The highest BCUT2D eigenvalue weighted by molar-refractivity contribution is 5.81. The molecule has 1 N–H and O–H groups in total. The lowest BCUT2D eigenvalue weighted by atomic mass is 9.94. The van der Waals surface area contributed by atoms with Gasteiger partial charge >= 0.3 is 5.97 Å². The summed E-state index contributed by atoms with van der Waals surface area (Å²) in [4.78, 5) is 25.6. The predicted octanol–water partition coefficient (Wildman–Crippen LogP) is -0.130. The summed E-state index contributed by atoms with van der Waals surface area (Å²) in [5, 5.41) is 8.58. The molecule has 1 saturated heterocycles. The topological polar surface area (TPSA) is 60.9 Å². The first-order valence-corrected chi connectivity index (χ1v) is 5.08. The minimum Gasteiger partial charge on any atom is -0.481 e. The Morgan fingerprint density at radius 2 is 2.00 bits per heavy atom. The van der Waals surface area contributed by atoms with E-state index in [1.54, 1.807) is 19.0 Å². The Labute approximate surface area is 89.7 Å². The summed E-state index contributed by atoms with van der Waals surface area (Å²) in [7, 11) is 3.46. The zero-order valence-electron chi connectivity index (χ0n) is 9.43. The molecule has 1 amide bonds. The molecular weight excluding hydrogens is 196 g/mol. The van der Waals surface area contributed by atoms with Gasteiger partial charge < -0.3 is 10.0 Å². The van der Waals surface area contributed by atoms with E-state index in [9.17, 15) is 9.59 Å². The Bertz CT molecular complexity index is 259. The number of carboxylic acid groups (broad SMARTS) is 1. The van der Waals surface area contributed by atoms with E-state index >= 15 is 0 Å². The fourth-order valence-electron chi connectivity index (χ4n) is 1.83. The summed E-state index contributed by atoms with van der Waals surface area (Å²) in [6, 6.07) is -0.134. The van der Waals surface area contributed by atoms with E-state index in [2.05, 4.69) is 0 Å². The summed E-state index contributed by atoms with van der Waals surface area (Å²) < 4.78 is 0. The van der Waals surface area contributed by atoms with Crippen LogP contribution in [0.3, 0.4) is 0 Å². The van der Waals surface area contributed by atoms with Crippen LogP contribution in [-0.4, -0.2) is 60.0 Å².